The molecule has 0 N–H and O–H groups in total. The smallest absolute Gasteiger partial charge is 0.133 e. The second-order valence-electron chi connectivity index (χ2n) is 6.39. The molecule has 0 aromatic heterocycles. The molecule has 0 amide bonds. The van der Waals surface area contributed by atoms with Crippen molar-refractivity contribution in [1.29, 1.82) is 0 Å². The average molecular weight is 296 g/mol. The van der Waals surface area contributed by atoms with Gasteiger partial charge < -0.3 is 4.79 Å². The summed E-state index contributed by atoms with van der Waals surface area (Å²) in [5, 5.41) is 0. The zero-order valence-corrected chi connectivity index (χ0v) is 14.4. The highest BCUT2D eigenvalue weighted by atomic mass is 16.1. The third-order valence-electron chi connectivity index (χ3n) is 4.36. The SMILES string of the molecule is CCCCCCCCCCCCCCC(CC=O)C(C)=O. The van der Waals surface area contributed by atoms with Gasteiger partial charge in [-0.25, -0.2) is 0 Å². The van der Waals surface area contributed by atoms with Gasteiger partial charge >= 0.3 is 0 Å². The van der Waals surface area contributed by atoms with Gasteiger partial charge in [-0.3, -0.25) is 4.79 Å². The molecule has 0 spiro atoms. The van der Waals surface area contributed by atoms with Crippen LogP contribution in [-0.4, -0.2) is 12.1 Å². The minimum atomic E-state index is -0.0226. The predicted octanol–water partition coefficient (Wildman–Crippen LogP) is 5.87. The van der Waals surface area contributed by atoms with E-state index in [1.165, 1.54) is 70.6 Å². The fraction of sp³-hybridized carbons (Fsp3) is 0.895. The summed E-state index contributed by atoms with van der Waals surface area (Å²) in [7, 11) is 0. The van der Waals surface area contributed by atoms with Crippen LogP contribution in [0.4, 0.5) is 0 Å². The molecule has 124 valence electrons. The van der Waals surface area contributed by atoms with Crippen molar-refractivity contribution in [1.82, 2.24) is 0 Å². The first-order valence-corrected chi connectivity index (χ1v) is 9.16. The summed E-state index contributed by atoms with van der Waals surface area (Å²) in [6.45, 7) is 3.87. The molecule has 0 aliphatic heterocycles. The molecule has 0 aliphatic rings. The molecule has 0 bridgehead atoms. The van der Waals surface area contributed by atoms with Crippen LogP contribution in [0, 0.1) is 5.92 Å². The Morgan fingerprint density at radius 3 is 1.62 bits per heavy atom. The highest BCUT2D eigenvalue weighted by molar-refractivity contribution is 5.80. The van der Waals surface area contributed by atoms with E-state index in [4.69, 9.17) is 0 Å². The topological polar surface area (TPSA) is 34.1 Å². The molecule has 2 heteroatoms. The lowest BCUT2D eigenvalue weighted by atomic mass is 9.94. The number of carbonyl (C=O) groups is 2. The van der Waals surface area contributed by atoms with Crippen LogP contribution in [0.2, 0.25) is 0 Å². The van der Waals surface area contributed by atoms with Gasteiger partial charge in [0.1, 0.15) is 12.1 Å². The van der Waals surface area contributed by atoms with Crippen molar-refractivity contribution in [2.24, 2.45) is 5.92 Å². The van der Waals surface area contributed by atoms with E-state index < -0.39 is 0 Å². The second-order valence-corrected chi connectivity index (χ2v) is 6.39. The third kappa shape index (κ3) is 14.1. The Hall–Kier alpha value is -0.660. The van der Waals surface area contributed by atoms with Crippen molar-refractivity contribution in [3.63, 3.8) is 0 Å². The standard InChI is InChI=1S/C19H36O2/c1-3-4-5-6-7-8-9-10-11-12-13-14-15-19(16-17-20)18(2)21/h17,19H,3-16H2,1-2H3. The minimum Gasteiger partial charge on any atom is -0.303 e. The third-order valence-corrected chi connectivity index (χ3v) is 4.36. The van der Waals surface area contributed by atoms with Gasteiger partial charge in [-0.2, -0.15) is 0 Å². The highest BCUT2D eigenvalue weighted by Gasteiger charge is 2.12. The van der Waals surface area contributed by atoms with E-state index in [2.05, 4.69) is 6.92 Å². The van der Waals surface area contributed by atoms with Crippen molar-refractivity contribution in [3.05, 3.63) is 0 Å². The van der Waals surface area contributed by atoms with Crippen molar-refractivity contribution in [2.45, 2.75) is 104 Å². The fourth-order valence-electron chi connectivity index (χ4n) is 2.83. The van der Waals surface area contributed by atoms with Gasteiger partial charge in [0.2, 0.25) is 0 Å². The number of Topliss-reactive ketones (excluding diaryl/α,β-unsaturated/α-hetero) is 1. The number of aldehydes is 1. The zero-order chi connectivity index (χ0) is 15.8. The molecule has 0 fully saturated rings. The van der Waals surface area contributed by atoms with Gasteiger partial charge in [-0.1, -0.05) is 84.0 Å². The minimum absolute atomic E-state index is 0.0226. The van der Waals surface area contributed by atoms with Gasteiger partial charge in [-0.05, 0) is 13.3 Å². The maximum atomic E-state index is 11.3. The van der Waals surface area contributed by atoms with Crippen LogP contribution >= 0.6 is 0 Å². The Bertz CT molecular complexity index is 248. The number of hydrogen-bond donors (Lipinski definition) is 0. The molecule has 0 aliphatic carbocycles. The fourth-order valence-corrected chi connectivity index (χ4v) is 2.83. The van der Waals surface area contributed by atoms with Crippen molar-refractivity contribution in [2.75, 3.05) is 0 Å². The molecule has 1 unspecified atom stereocenters. The Labute approximate surface area is 132 Å². The molecule has 1 atom stereocenters. The molecule has 0 aromatic rings. The lowest BCUT2D eigenvalue weighted by molar-refractivity contribution is -0.123. The molecule has 0 rings (SSSR count). The number of unbranched alkanes of at least 4 members (excludes halogenated alkanes) is 11. The quantitative estimate of drug-likeness (QED) is 0.263. The highest BCUT2D eigenvalue weighted by Crippen LogP contribution is 2.16. The largest absolute Gasteiger partial charge is 0.303 e. The predicted molar refractivity (Wildman–Crippen MR) is 90.5 cm³/mol. The zero-order valence-electron chi connectivity index (χ0n) is 14.4. The molecule has 0 saturated carbocycles. The second kappa shape index (κ2) is 15.7. The van der Waals surface area contributed by atoms with Crippen molar-refractivity contribution < 1.29 is 9.59 Å². The maximum absolute atomic E-state index is 11.3. The van der Waals surface area contributed by atoms with E-state index in [9.17, 15) is 9.59 Å². The maximum Gasteiger partial charge on any atom is 0.133 e. The molecule has 0 aromatic carbocycles. The number of hydrogen-bond acceptors (Lipinski definition) is 2. The first-order valence-electron chi connectivity index (χ1n) is 9.16. The summed E-state index contributed by atoms with van der Waals surface area (Å²) < 4.78 is 0. The van der Waals surface area contributed by atoms with E-state index in [0.717, 1.165) is 19.1 Å². The molecule has 2 nitrogen and oxygen atoms in total. The molecular weight excluding hydrogens is 260 g/mol. The summed E-state index contributed by atoms with van der Waals surface area (Å²) in [5.41, 5.74) is 0. The van der Waals surface area contributed by atoms with E-state index in [-0.39, 0.29) is 11.7 Å². The van der Waals surface area contributed by atoms with E-state index in [1.54, 1.807) is 6.92 Å². The van der Waals surface area contributed by atoms with Crippen molar-refractivity contribution >= 4 is 12.1 Å². The number of ketones is 1. The summed E-state index contributed by atoms with van der Waals surface area (Å²) in [6, 6.07) is 0. The molecule has 0 radical (unpaired) electrons. The van der Waals surface area contributed by atoms with E-state index >= 15 is 0 Å². The van der Waals surface area contributed by atoms with Crippen LogP contribution in [0.15, 0.2) is 0 Å². The molecule has 0 heterocycles. The Morgan fingerprint density at radius 1 is 0.810 bits per heavy atom. The summed E-state index contributed by atoms with van der Waals surface area (Å²) >= 11 is 0. The lowest BCUT2D eigenvalue weighted by Gasteiger charge is -2.09. The summed E-state index contributed by atoms with van der Waals surface area (Å²) in [5.74, 6) is 0.149. The summed E-state index contributed by atoms with van der Waals surface area (Å²) in [4.78, 5) is 21.8. The van der Waals surface area contributed by atoms with Gasteiger partial charge in [0.05, 0.1) is 0 Å². The first kappa shape index (κ1) is 20.3. The molecular formula is C19H36O2. The van der Waals surface area contributed by atoms with Crippen molar-refractivity contribution in [3.8, 4) is 0 Å². The van der Waals surface area contributed by atoms with E-state index in [0.29, 0.717) is 6.42 Å². The van der Waals surface area contributed by atoms with Crippen LogP contribution in [-0.2, 0) is 9.59 Å². The summed E-state index contributed by atoms with van der Waals surface area (Å²) in [6.07, 6.45) is 18.2. The average Bonchev–Trinajstić information content (AvgIpc) is 2.47. The lowest BCUT2D eigenvalue weighted by Crippen LogP contribution is -2.11. The number of rotatable bonds is 16. The Morgan fingerprint density at radius 2 is 1.24 bits per heavy atom. The Balaban J connectivity index is 3.24. The normalized spacial score (nSPS) is 12.3. The van der Waals surface area contributed by atoms with E-state index in [1.807, 2.05) is 0 Å². The van der Waals surface area contributed by atoms with Gasteiger partial charge in [-0.15, -0.1) is 0 Å². The van der Waals surface area contributed by atoms with Crippen LogP contribution < -0.4 is 0 Å². The van der Waals surface area contributed by atoms with Crippen LogP contribution in [0.1, 0.15) is 104 Å². The van der Waals surface area contributed by atoms with Gasteiger partial charge in [0.25, 0.3) is 0 Å². The van der Waals surface area contributed by atoms with Crippen LogP contribution in [0.5, 0.6) is 0 Å². The van der Waals surface area contributed by atoms with Gasteiger partial charge in [0.15, 0.2) is 0 Å². The Kier molecular flexibility index (Phi) is 15.2. The van der Waals surface area contributed by atoms with Gasteiger partial charge in [0, 0.05) is 12.3 Å². The first-order chi connectivity index (χ1) is 10.2. The molecule has 0 saturated heterocycles. The monoisotopic (exact) mass is 296 g/mol. The number of carbonyl (C=O) groups excluding carboxylic acids is 2. The van der Waals surface area contributed by atoms with Crippen LogP contribution in [0.25, 0.3) is 0 Å². The molecule has 21 heavy (non-hydrogen) atoms. The van der Waals surface area contributed by atoms with Crippen LogP contribution in [0.3, 0.4) is 0 Å².